The normalized spacial score (nSPS) is 18.0. The number of hydrogen-bond acceptors (Lipinski definition) is 6. The minimum Gasteiger partial charge on any atom is -0.491 e. The Morgan fingerprint density at radius 2 is 2.03 bits per heavy atom. The highest BCUT2D eigenvalue weighted by atomic mass is 19.3. The van der Waals surface area contributed by atoms with E-state index in [1.807, 2.05) is 0 Å². The van der Waals surface area contributed by atoms with Crippen LogP contribution in [0.25, 0.3) is 16.6 Å². The van der Waals surface area contributed by atoms with Gasteiger partial charge in [0.2, 0.25) is 0 Å². The van der Waals surface area contributed by atoms with Gasteiger partial charge >= 0.3 is 0 Å². The third-order valence-corrected chi connectivity index (χ3v) is 7.51. The van der Waals surface area contributed by atoms with E-state index < -0.39 is 29.6 Å². The second kappa shape index (κ2) is 9.47. The van der Waals surface area contributed by atoms with Crippen molar-refractivity contribution in [2.75, 3.05) is 32.6 Å². The van der Waals surface area contributed by atoms with Crippen LogP contribution >= 0.6 is 0 Å². The van der Waals surface area contributed by atoms with Crippen LogP contribution in [0.15, 0.2) is 42.9 Å². The van der Waals surface area contributed by atoms with Crippen LogP contribution < -0.4 is 10.5 Å². The molecule has 200 valence electrons. The molecular weight excluding hydrogens is 511 g/mol. The highest BCUT2D eigenvalue weighted by Gasteiger charge is 2.40. The molecule has 39 heavy (non-hydrogen) atoms. The van der Waals surface area contributed by atoms with Gasteiger partial charge in [-0.1, -0.05) is 17.9 Å². The number of fused-ring (bicyclic) bond motifs is 4. The Bertz CT molecular complexity index is 1670. The van der Waals surface area contributed by atoms with E-state index in [1.165, 1.54) is 23.4 Å². The number of amides is 1. The van der Waals surface area contributed by atoms with Gasteiger partial charge in [0.15, 0.2) is 0 Å². The molecule has 0 radical (unpaired) electrons. The predicted molar refractivity (Wildman–Crippen MR) is 137 cm³/mol. The van der Waals surface area contributed by atoms with Crippen molar-refractivity contribution in [3.63, 3.8) is 0 Å². The van der Waals surface area contributed by atoms with Crippen molar-refractivity contribution in [3.8, 4) is 17.6 Å². The Labute approximate surface area is 221 Å². The summed E-state index contributed by atoms with van der Waals surface area (Å²) in [7, 11) is 1.58. The highest BCUT2D eigenvalue weighted by molar-refractivity contribution is 5.98. The molecule has 1 atom stereocenters. The van der Waals surface area contributed by atoms with Crippen molar-refractivity contribution in [2.45, 2.75) is 25.3 Å². The maximum absolute atomic E-state index is 15.1. The number of carbonyl (C=O) groups excluding carboxylic acids is 1. The Morgan fingerprint density at radius 1 is 1.23 bits per heavy atom. The summed E-state index contributed by atoms with van der Waals surface area (Å²) in [5.74, 6) is 5.12. The highest BCUT2D eigenvalue weighted by Crippen LogP contribution is 2.38. The number of halogens is 3. The van der Waals surface area contributed by atoms with Gasteiger partial charge in [0.1, 0.15) is 29.5 Å². The monoisotopic (exact) mass is 535 g/mol. The van der Waals surface area contributed by atoms with E-state index in [2.05, 4.69) is 21.8 Å². The van der Waals surface area contributed by atoms with E-state index in [-0.39, 0.29) is 44.0 Å². The zero-order valence-electron chi connectivity index (χ0n) is 21.0. The maximum atomic E-state index is 15.1. The molecule has 8 nitrogen and oxygen atoms in total. The number of rotatable bonds is 3. The van der Waals surface area contributed by atoms with Crippen molar-refractivity contribution in [1.82, 2.24) is 19.3 Å². The average Bonchev–Trinajstić information content (AvgIpc) is 3.59. The summed E-state index contributed by atoms with van der Waals surface area (Å²) in [4.78, 5) is 23.2. The molecule has 0 saturated carbocycles. The van der Waals surface area contributed by atoms with Gasteiger partial charge in [0, 0.05) is 37.5 Å². The number of likely N-dealkylation sites (N-methyl/N-ethyl adjacent to an activating group) is 1. The molecule has 1 fully saturated rings. The van der Waals surface area contributed by atoms with Crippen LogP contribution in [0.1, 0.15) is 40.4 Å². The molecule has 0 bridgehead atoms. The smallest absolute Gasteiger partial charge is 0.257 e. The Morgan fingerprint density at radius 3 is 2.79 bits per heavy atom. The molecule has 1 saturated heterocycles. The summed E-state index contributed by atoms with van der Waals surface area (Å²) in [5.41, 5.74) is 7.03. The van der Waals surface area contributed by atoms with Gasteiger partial charge < -0.3 is 20.1 Å². The van der Waals surface area contributed by atoms with Gasteiger partial charge in [-0.15, -0.1) is 0 Å². The molecule has 2 N–H and O–H groups in total. The van der Waals surface area contributed by atoms with E-state index in [0.717, 1.165) is 5.56 Å². The first-order chi connectivity index (χ1) is 18.8. The van der Waals surface area contributed by atoms with Crippen LogP contribution in [0.2, 0.25) is 0 Å². The van der Waals surface area contributed by atoms with Crippen molar-refractivity contribution >= 4 is 28.3 Å². The van der Waals surface area contributed by atoms with Crippen LogP contribution in [0.3, 0.4) is 0 Å². The number of hydrogen-bond donors (Lipinski definition) is 1. The van der Waals surface area contributed by atoms with Crippen LogP contribution in [0.5, 0.6) is 5.75 Å². The lowest BCUT2D eigenvalue weighted by molar-refractivity contribution is -0.0459. The summed E-state index contributed by atoms with van der Waals surface area (Å²) < 4.78 is 55.4. The Kier molecular flexibility index (Phi) is 6.07. The maximum Gasteiger partial charge on any atom is 0.257 e. The third kappa shape index (κ3) is 4.21. The largest absolute Gasteiger partial charge is 0.491 e. The quantitative estimate of drug-likeness (QED) is 0.395. The minimum absolute atomic E-state index is 0.128. The first kappa shape index (κ1) is 25.0. The van der Waals surface area contributed by atoms with E-state index in [9.17, 15) is 13.6 Å². The fourth-order valence-corrected chi connectivity index (χ4v) is 5.11. The number of ether oxygens (including phenoxy) is 2. The molecule has 11 heteroatoms. The van der Waals surface area contributed by atoms with E-state index in [1.54, 1.807) is 35.8 Å². The Balaban J connectivity index is 1.28. The molecule has 2 aliphatic heterocycles. The van der Waals surface area contributed by atoms with Crippen LogP contribution in [-0.4, -0.2) is 58.5 Å². The first-order valence-electron chi connectivity index (χ1n) is 12.4. The third-order valence-electron chi connectivity index (χ3n) is 7.51. The van der Waals surface area contributed by atoms with E-state index in [0.29, 0.717) is 27.9 Å². The lowest BCUT2D eigenvalue weighted by Crippen LogP contribution is -2.34. The van der Waals surface area contributed by atoms with Gasteiger partial charge in [-0.2, -0.15) is 0 Å². The molecule has 4 heterocycles. The van der Waals surface area contributed by atoms with Crippen molar-refractivity contribution in [2.24, 2.45) is 5.41 Å². The second-order valence-corrected chi connectivity index (χ2v) is 9.78. The number of imidazole rings is 1. The van der Waals surface area contributed by atoms with E-state index in [4.69, 9.17) is 15.2 Å². The van der Waals surface area contributed by atoms with Gasteiger partial charge in [0.25, 0.3) is 12.3 Å². The first-order valence-corrected chi connectivity index (χ1v) is 12.4. The number of aromatic nitrogens is 3. The van der Waals surface area contributed by atoms with Crippen LogP contribution in [0, 0.1) is 23.1 Å². The van der Waals surface area contributed by atoms with Gasteiger partial charge in [-0.3, -0.25) is 9.20 Å². The van der Waals surface area contributed by atoms with Gasteiger partial charge in [-0.05, 0) is 31.0 Å². The topological polar surface area (TPSA) is 95.0 Å². The summed E-state index contributed by atoms with van der Waals surface area (Å²) in [6.45, 7) is 0.666. The van der Waals surface area contributed by atoms with Gasteiger partial charge in [0.05, 0.1) is 40.6 Å². The predicted octanol–water partition coefficient (Wildman–Crippen LogP) is 4.22. The van der Waals surface area contributed by atoms with Crippen molar-refractivity contribution in [1.29, 1.82) is 0 Å². The summed E-state index contributed by atoms with van der Waals surface area (Å²) >= 11 is 0. The zero-order chi connectivity index (χ0) is 27.3. The zero-order valence-corrected chi connectivity index (χ0v) is 21.0. The molecule has 2 aliphatic rings. The van der Waals surface area contributed by atoms with Crippen molar-refractivity contribution in [3.05, 3.63) is 65.4 Å². The van der Waals surface area contributed by atoms with Crippen LogP contribution in [-0.2, 0) is 4.74 Å². The average molecular weight is 536 g/mol. The molecule has 1 amide bonds. The molecule has 0 unspecified atom stereocenters. The molecule has 6 rings (SSSR count). The number of carbonyl (C=O) groups is 1. The van der Waals surface area contributed by atoms with Crippen molar-refractivity contribution < 1.29 is 27.4 Å². The summed E-state index contributed by atoms with van der Waals surface area (Å²) in [6.07, 6.45) is 0.848. The number of anilines is 1. The molecular formula is C28H24F3N5O3. The number of alkyl halides is 2. The molecule has 2 aromatic heterocycles. The fourth-order valence-electron chi connectivity index (χ4n) is 5.11. The number of nitrogen functional groups attached to an aromatic ring is 1. The lowest BCUT2D eigenvalue weighted by atomic mass is 9.81. The fraction of sp³-hybridized carbons (Fsp3) is 0.321. The number of nitrogens with zero attached hydrogens (tertiary/aromatic N) is 4. The minimum atomic E-state index is -2.57. The molecule has 0 aliphatic carbocycles. The second-order valence-electron chi connectivity index (χ2n) is 9.78. The summed E-state index contributed by atoms with van der Waals surface area (Å²) in [6, 6.07) is 7.30. The van der Waals surface area contributed by atoms with E-state index >= 15 is 4.39 Å². The van der Waals surface area contributed by atoms with Gasteiger partial charge in [-0.25, -0.2) is 23.1 Å². The molecule has 0 spiro atoms. The number of benzene rings is 2. The lowest BCUT2D eigenvalue weighted by Gasteiger charge is -2.31. The SMILES string of the molecule is CN(C(=O)c1cc2c(cc1F)nc(N)c1cncn12)[C@@H]1COc2cc(C#CC3(C(F)F)CCOCC3)ccc21. The number of nitrogens with two attached hydrogens (primary N) is 1. The molecule has 2 aromatic carbocycles. The standard InChI is InChI=1S/C28H24F3N5O3/c1-35(26(37)18-11-21-20(12-19(18)29)34-25(32)22-13-33-15-36(21)22)23-14-39-24-10-16(2-3-17(23)24)4-5-28(27(30)31)6-8-38-9-7-28/h2-3,10-13,15,23,27H,6-9,14H2,1H3,(H2,32,34)/t23-/m1/s1. The van der Waals surface area contributed by atoms with Crippen LogP contribution in [0.4, 0.5) is 19.0 Å². The Hall–Kier alpha value is -4.30. The molecule has 4 aromatic rings. The summed E-state index contributed by atoms with van der Waals surface area (Å²) in [5, 5.41) is 0.